The van der Waals surface area contributed by atoms with Gasteiger partial charge in [-0.1, -0.05) is 18.2 Å². The molecule has 0 saturated heterocycles. The lowest BCUT2D eigenvalue weighted by molar-refractivity contribution is 0.809. The third kappa shape index (κ3) is 3.36. The van der Waals surface area contributed by atoms with E-state index in [-0.39, 0.29) is 6.04 Å². The summed E-state index contributed by atoms with van der Waals surface area (Å²) in [6, 6.07) is 4.04. The van der Waals surface area contributed by atoms with Crippen LogP contribution in [0.5, 0.6) is 0 Å². The van der Waals surface area contributed by atoms with Gasteiger partial charge in [0.15, 0.2) is 0 Å². The molecule has 0 aromatic carbocycles. The van der Waals surface area contributed by atoms with Crippen molar-refractivity contribution >= 4 is 5.82 Å². The van der Waals surface area contributed by atoms with Gasteiger partial charge in [-0.2, -0.15) is 0 Å². The molecule has 1 aromatic rings. The fraction of sp³-hybridized carbons (Fsp3) is 0.417. The number of hydrogen-bond acceptors (Lipinski definition) is 3. The molecule has 15 heavy (non-hydrogen) atoms. The zero-order valence-corrected chi connectivity index (χ0v) is 9.70. The normalized spacial score (nSPS) is 12.3. The first kappa shape index (κ1) is 11.7. The van der Waals surface area contributed by atoms with Gasteiger partial charge in [-0.15, -0.1) is 0 Å². The summed E-state index contributed by atoms with van der Waals surface area (Å²) in [5.74, 6) is 0.947. The van der Waals surface area contributed by atoms with E-state index >= 15 is 0 Å². The van der Waals surface area contributed by atoms with E-state index in [9.17, 15) is 0 Å². The molecule has 0 unspecified atom stereocenters. The van der Waals surface area contributed by atoms with Crippen LogP contribution in [0.25, 0.3) is 0 Å². The first-order valence-corrected chi connectivity index (χ1v) is 5.07. The van der Waals surface area contributed by atoms with E-state index in [2.05, 4.69) is 16.5 Å². The second-order valence-corrected chi connectivity index (χ2v) is 4.05. The molecule has 0 radical (unpaired) electrons. The van der Waals surface area contributed by atoms with Crippen molar-refractivity contribution in [2.75, 3.05) is 18.5 Å². The average Bonchev–Trinajstić information content (AvgIpc) is 2.17. The Bertz CT molecular complexity index is 327. The largest absolute Gasteiger partial charge is 0.356 e. The highest BCUT2D eigenvalue weighted by atomic mass is 15.2. The van der Waals surface area contributed by atoms with Crippen LogP contribution in [0.2, 0.25) is 0 Å². The molecule has 0 aliphatic carbocycles. The van der Waals surface area contributed by atoms with Crippen molar-refractivity contribution < 1.29 is 0 Å². The van der Waals surface area contributed by atoms with Gasteiger partial charge in [-0.25, -0.2) is 4.98 Å². The van der Waals surface area contributed by atoms with E-state index in [4.69, 9.17) is 5.73 Å². The fourth-order valence-corrected chi connectivity index (χ4v) is 1.38. The predicted octanol–water partition coefficient (Wildman–Crippen LogP) is 2.11. The molecule has 1 rings (SSSR count). The number of nitrogens with two attached hydrogens (primary N) is 1. The van der Waals surface area contributed by atoms with Crippen molar-refractivity contribution in [2.24, 2.45) is 5.73 Å². The summed E-state index contributed by atoms with van der Waals surface area (Å²) >= 11 is 0. The Labute approximate surface area is 91.6 Å². The number of hydrogen-bond donors (Lipinski definition) is 1. The lowest BCUT2D eigenvalue weighted by atomic mass is 10.1. The molecule has 1 atom stereocenters. The van der Waals surface area contributed by atoms with Crippen LogP contribution >= 0.6 is 0 Å². The Hall–Kier alpha value is -1.35. The molecular weight excluding hydrogens is 186 g/mol. The highest BCUT2D eigenvalue weighted by Crippen LogP contribution is 2.14. The maximum absolute atomic E-state index is 5.75. The Kier molecular flexibility index (Phi) is 3.86. The molecule has 0 amide bonds. The van der Waals surface area contributed by atoms with Gasteiger partial charge in [-0.3, -0.25) is 0 Å². The van der Waals surface area contributed by atoms with E-state index in [0.29, 0.717) is 0 Å². The second kappa shape index (κ2) is 4.94. The minimum Gasteiger partial charge on any atom is -0.356 e. The fourth-order valence-electron chi connectivity index (χ4n) is 1.38. The highest BCUT2D eigenvalue weighted by molar-refractivity contribution is 5.40. The summed E-state index contributed by atoms with van der Waals surface area (Å²) in [5.41, 5.74) is 7.93. The molecule has 0 aliphatic rings. The predicted molar refractivity (Wildman–Crippen MR) is 64.9 cm³/mol. The van der Waals surface area contributed by atoms with Gasteiger partial charge >= 0.3 is 0 Å². The number of likely N-dealkylation sites (N-methyl/N-ethyl adjacent to an activating group) is 1. The molecule has 3 nitrogen and oxygen atoms in total. The average molecular weight is 205 g/mol. The third-order valence-electron chi connectivity index (χ3n) is 2.19. The van der Waals surface area contributed by atoms with Crippen molar-refractivity contribution in [2.45, 2.75) is 19.9 Å². The molecule has 3 heteroatoms. The molecule has 0 saturated carbocycles. The van der Waals surface area contributed by atoms with Crippen LogP contribution < -0.4 is 10.6 Å². The van der Waals surface area contributed by atoms with Crippen molar-refractivity contribution in [3.05, 3.63) is 36.0 Å². The van der Waals surface area contributed by atoms with Crippen LogP contribution in [0.3, 0.4) is 0 Å². The van der Waals surface area contributed by atoms with E-state index < -0.39 is 0 Å². The number of pyridine rings is 1. The number of nitrogens with zero attached hydrogens (tertiary/aromatic N) is 2. The number of anilines is 1. The third-order valence-corrected chi connectivity index (χ3v) is 2.19. The van der Waals surface area contributed by atoms with Crippen LogP contribution in [0.15, 0.2) is 30.5 Å². The van der Waals surface area contributed by atoms with Crippen molar-refractivity contribution in [3.8, 4) is 0 Å². The quantitative estimate of drug-likeness (QED) is 0.765. The molecule has 2 N–H and O–H groups in total. The van der Waals surface area contributed by atoms with Crippen molar-refractivity contribution in [1.29, 1.82) is 0 Å². The molecule has 1 aromatic heterocycles. The molecule has 0 aliphatic heterocycles. The summed E-state index contributed by atoms with van der Waals surface area (Å²) in [6.07, 6.45) is 1.83. The molecule has 0 bridgehead atoms. The minimum absolute atomic E-state index is 0.0398. The van der Waals surface area contributed by atoms with Crippen LogP contribution in [0, 0.1) is 0 Å². The van der Waals surface area contributed by atoms with Gasteiger partial charge in [0.1, 0.15) is 5.82 Å². The molecule has 1 heterocycles. The van der Waals surface area contributed by atoms with Crippen LogP contribution in [0.4, 0.5) is 5.82 Å². The van der Waals surface area contributed by atoms with Crippen LogP contribution in [-0.4, -0.2) is 18.6 Å². The van der Waals surface area contributed by atoms with Gasteiger partial charge in [0.2, 0.25) is 0 Å². The van der Waals surface area contributed by atoms with E-state index in [1.807, 2.05) is 39.2 Å². The summed E-state index contributed by atoms with van der Waals surface area (Å²) < 4.78 is 0. The maximum Gasteiger partial charge on any atom is 0.128 e. The van der Waals surface area contributed by atoms with Gasteiger partial charge < -0.3 is 10.6 Å². The number of rotatable bonds is 4. The minimum atomic E-state index is 0.0398. The smallest absolute Gasteiger partial charge is 0.128 e. The lowest BCUT2D eigenvalue weighted by Gasteiger charge is -2.18. The summed E-state index contributed by atoms with van der Waals surface area (Å²) in [6.45, 7) is 8.66. The Morgan fingerprint density at radius 1 is 1.60 bits per heavy atom. The maximum atomic E-state index is 5.75. The van der Waals surface area contributed by atoms with Crippen LogP contribution in [0.1, 0.15) is 25.5 Å². The zero-order valence-electron chi connectivity index (χ0n) is 9.70. The van der Waals surface area contributed by atoms with E-state index in [1.165, 1.54) is 0 Å². The SMILES string of the molecule is C=C(C)CN(C)c1ccc([C@H](C)N)cn1. The molecule has 82 valence electrons. The summed E-state index contributed by atoms with van der Waals surface area (Å²) in [7, 11) is 2.00. The zero-order chi connectivity index (χ0) is 11.4. The standard InChI is InChI=1S/C12H19N3/c1-9(2)8-15(4)12-6-5-11(7-14-12)10(3)13/h5-7,10H,1,8,13H2,2-4H3/t10-/m0/s1. The first-order chi connectivity index (χ1) is 7.00. The molecule has 0 spiro atoms. The van der Waals surface area contributed by atoms with E-state index in [0.717, 1.165) is 23.5 Å². The topological polar surface area (TPSA) is 42.1 Å². The first-order valence-electron chi connectivity index (χ1n) is 5.07. The van der Waals surface area contributed by atoms with E-state index in [1.54, 1.807) is 0 Å². The van der Waals surface area contributed by atoms with Gasteiger partial charge in [0, 0.05) is 25.8 Å². The molecule has 0 fully saturated rings. The Morgan fingerprint density at radius 3 is 2.67 bits per heavy atom. The van der Waals surface area contributed by atoms with Gasteiger partial charge in [0.25, 0.3) is 0 Å². The summed E-state index contributed by atoms with van der Waals surface area (Å²) in [4.78, 5) is 6.42. The van der Waals surface area contributed by atoms with Gasteiger partial charge in [0.05, 0.1) is 0 Å². The Morgan fingerprint density at radius 2 is 2.27 bits per heavy atom. The highest BCUT2D eigenvalue weighted by Gasteiger charge is 2.04. The van der Waals surface area contributed by atoms with Gasteiger partial charge in [-0.05, 0) is 25.5 Å². The molecular formula is C12H19N3. The second-order valence-electron chi connectivity index (χ2n) is 4.05. The number of aromatic nitrogens is 1. The Balaban J connectivity index is 2.75. The lowest BCUT2D eigenvalue weighted by Crippen LogP contribution is -2.20. The van der Waals surface area contributed by atoms with Crippen molar-refractivity contribution in [1.82, 2.24) is 4.98 Å². The van der Waals surface area contributed by atoms with Crippen LogP contribution in [-0.2, 0) is 0 Å². The van der Waals surface area contributed by atoms with Crippen molar-refractivity contribution in [3.63, 3.8) is 0 Å². The summed E-state index contributed by atoms with van der Waals surface area (Å²) in [5, 5.41) is 0. The monoisotopic (exact) mass is 205 g/mol.